The molecule has 0 saturated heterocycles. The third-order valence-electron chi connectivity index (χ3n) is 2.35. The monoisotopic (exact) mass is 210 g/mol. The Bertz CT molecular complexity index is 224. The molecule has 0 aromatic carbocycles. The summed E-state index contributed by atoms with van der Waals surface area (Å²) in [5.41, 5.74) is 2.97. The van der Waals surface area contributed by atoms with E-state index >= 15 is 0 Å². The first-order valence-electron chi connectivity index (χ1n) is 5.85. The highest BCUT2D eigenvalue weighted by Gasteiger charge is 2.08. The Labute approximate surface area is 92.7 Å². The van der Waals surface area contributed by atoms with Gasteiger partial charge in [0.15, 0.2) is 0 Å². The summed E-state index contributed by atoms with van der Waals surface area (Å²) in [7, 11) is 1.86. The fourth-order valence-electron chi connectivity index (χ4n) is 1.46. The predicted octanol–water partition coefficient (Wildman–Crippen LogP) is 3.13. The molecule has 0 bridgehead atoms. The van der Waals surface area contributed by atoms with E-state index in [1.54, 1.807) is 5.17 Å². The van der Waals surface area contributed by atoms with Crippen molar-refractivity contribution in [2.45, 2.75) is 45.4 Å². The lowest BCUT2D eigenvalue weighted by Gasteiger charge is -2.08. The molecule has 1 rings (SSSR count). The van der Waals surface area contributed by atoms with Crippen LogP contribution in [0.3, 0.4) is 0 Å². The zero-order chi connectivity index (χ0) is 10.9. The number of nitrogens with one attached hydrogen (secondary N) is 1. The van der Waals surface area contributed by atoms with Crippen LogP contribution in [0.4, 0.5) is 0 Å². The summed E-state index contributed by atoms with van der Waals surface area (Å²) in [5, 5.41) is 1.62. The van der Waals surface area contributed by atoms with Gasteiger partial charge in [-0.3, -0.25) is 5.43 Å². The Morgan fingerprint density at radius 3 is 2.67 bits per heavy atom. The summed E-state index contributed by atoms with van der Waals surface area (Å²) in [6.45, 7) is 2.22. The van der Waals surface area contributed by atoms with Gasteiger partial charge in [0.05, 0.1) is 6.20 Å². The van der Waals surface area contributed by atoms with Crippen molar-refractivity contribution < 1.29 is 4.84 Å². The molecule has 1 aliphatic heterocycles. The zero-order valence-electron chi connectivity index (χ0n) is 9.83. The SMILES string of the molecule is CCCC/C=C\CCCC1=CNN(C)O1. The van der Waals surface area contributed by atoms with Crippen molar-refractivity contribution in [2.75, 3.05) is 7.05 Å². The number of unbranched alkanes of at least 4 members (excludes halogenated alkanes) is 3. The Morgan fingerprint density at radius 2 is 2.07 bits per heavy atom. The molecular weight excluding hydrogens is 188 g/mol. The van der Waals surface area contributed by atoms with Gasteiger partial charge >= 0.3 is 0 Å². The number of hydrogen-bond donors (Lipinski definition) is 1. The van der Waals surface area contributed by atoms with Crippen molar-refractivity contribution >= 4 is 0 Å². The van der Waals surface area contributed by atoms with E-state index in [1.165, 1.54) is 19.3 Å². The Kier molecular flexibility index (Phi) is 5.93. The van der Waals surface area contributed by atoms with Crippen molar-refractivity contribution in [3.8, 4) is 0 Å². The second-order valence-electron chi connectivity index (χ2n) is 3.83. The third-order valence-corrected chi connectivity index (χ3v) is 2.35. The van der Waals surface area contributed by atoms with E-state index in [4.69, 9.17) is 4.84 Å². The molecule has 0 aromatic rings. The minimum atomic E-state index is 1.01. The first-order chi connectivity index (χ1) is 7.33. The van der Waals surface area contributed by atoms with E-state index in [-0.39, 0.29) is 0 Å². The number of nitrogens with zero attached hydrogens (tertiary/aromatic N) is 1. The average molecular weight is 210 g/mol. The Hall–Kier alpha value is -0.960. The van der Waals surface area contributed by atoms with Crippen molar-refractivity contribution in [1.29, 1.82) is 0 Å². The first kappa shape index (κ1) is 12.1. The van der Waals surface area contributed by atoms with Crippen LogP contribution >= 0.6 is 0 Å². The number of hydroxylamine groups is 1. The molecule has 1 N–H and O–H groups in total. The third kappa shape index (κ3) is 5.47. The Morgan fingerprint density at radius 1 is 1.33 bits per heavy atom. The summed E-state index contributed by atoms with van der Waals surface area (Å²) in [6.07, 6.45) is 13.6. The van der Waals surface area contributed by atoms with Crippen LogP contribution in [0.15, 0.2) is 24.1 Å². The number of rotatable bonds is 7. The fraction of sp³-hybridized carbons (Fsp3) is 0.667. The highest BCUT2D eigenvalue weighted by molar-refractivity contribution is 4.94. The molecule has 1 aliphatic rings. The van der Waals surface area contributed by atoms with Gasteiger partial charge in [0.25, 0.3) is 0 Å². The van der Waals surface area contributed by atoms with Crippen LogP contribution < -0.4 is 5.43 Å². The summed E-state index contributed by atoms with van der Waals surface area (Å²) >= 11 is 0. The maximum absolute atomic E-state index is 5.37. The van der Waals surface area contributed by atoms with Gasteiger partial charge in [-0.1, -0.05) is 37.1 Å². The lowest BCUT2D eigenvalue weighted by molar-refractivity contribution is -0.105. The molecule has 0 spiro atoms. The van der Waals surface area contributed by atoms with E-state index in [0.29, 0.717) is 0 Å². The normalized spacial score (nSPS) is 16.5. The van der Waals surface area contributed by atoms with Crippen LogP contribution in [-0.4, -0.2) is 12.2 Å². The van der Waals surface area contributed by atoms with Crippen LogP contribution in [-0.2, 0) is 4.84 Å². The number of allylic oxidation sites excluding steroid dienone is 3. The van der Waals surface area contributed by atoms with Crippen molar-refractivity contribution in [1.82, 2.24) is 10.6 Å². The van der Waals surface area contributed by atoms with Gasteiger partial charge < -0.3 is 4.84 Å². The molecule has 0 unspecified atom stereocenters. The maximum Gasteiger partial charge on any atom is 0.144 e. The lowest BCUT2D eigenvalue weighted by Crippen LogP contribution is -2.22. The summed E-state index contributed by atoms with van der Waals surface area (Å²) in [5.74, 6) is 1.03. The van der Waals surface area contributed by atoms with Crippen LogP contribution in [0.1, 0.15) is 45.4 Å². The first-order valence-corrected chi connectivity index (χ1v) is 5.85. The van der Waals surface area contributed by atoms with Crippen LogP contribution in [0.5, 0.6) is 0 Å². The second-order valence-corrected chi connectivity index (χ2v) is 3.83. The Balaban J connectivity index is 1.95. The van der Waals surface area contributed by atoms with Crippen LogP contribution in [0.25, 0.3) is 0 Å². The summed E-state index contributed by atoms with van der Waals surface area (Å²) in [4.78, 5) is 5.37. The molecule has 3 nitrogen and oxygen atoms in total. The van der Waals surface area contributed by atoms with Gasteiger partial charge in [0.2, 0.25) is 0 Å². The molecule has 3 heteroatoms. The largest absolute Gasteiger partial charge is 0.390 e. The molecule has 0 radical (unpaired) electrons. The topological polar surface area (TPSA) is 24.5 Å². The summed E-state index contributed by atoms with van der Waals surface area (Å²) < 4.78 is 0. The molecule has 0 aromatic heterocycles. The molecule has 0 amide bonds. The number of hydrogen-bond acceptors (Lipinski definition) is 3. The van der Waals surface area contributed by atoms with Gasteiger partial charge in [0, 0.05) is 13.5 Å². The molecule has 0 saturated carbocycles. The number of hydrazine groups is 1. The van der Waals surface area contributed by atoms with E-state index in [2.05, 4.69) is 24.5 Å². The van der Waals surface area contributed by atoms with Gasteiger partial charge in [0.1, 0.15) is 5.76 Å². The smallest absolute Gasteiger partial charge is 0.144 e. The fourth-order valence-corrected chi connectivity index (χ4v) is 1.46. The highest BCUT2D eigenvalue weighted by Crippen LogP contribution is 2.13. The molecule has 15 heavy (non-hydrogen) atoms. The zero-order valence-corrected chi connectivity index (χ0v) is 9.83. The van der Waals surface area contributed by atoms with E-state index in [1.807, 2.05) is 13.2 Å². The highest BCUT2D eigenvalue weighted by atomic mass is 16.7. The molecule has 0 fully saturated rings. The quantitative estimate of drug-likeness (QED) is 0.516. The van der Waals surface area contributed by atoms with Crippen LogP contribution in [0, 0.1) is 0 Å². The van der Waals surface area contributed by atoms with E-state index in [9.17, 15) is 0 Å². The van der Waals surface area contributed by atoms with Crippen molar-refractivity contribution in [3.05, 3.63) is 24.1 Å². The molecule has 0 aliphatic carbocycles. The second kappa shape index (κ2) is 7.35. The molecule has 0 atom stereocenters. The van der Waals surface area contributed by atoms with Crippen molar-refractivity contribution in [2.24, 2.45) is 0 Å². The predicted molar refractivity (Wildman–Crippen MR) is 62.6 cm³/mol. The molecular formula is C12H22N2O. The van der Waals surface area contributed by atoms with Crippen LogP contribution in [0.2, 0.25) is 0 Å². The van der Waals surface area contributed by atoms with E-state index in [0.717, 1.165) is 25.0 Å². The standard InChI is InChI=1S/C12H22N2O/c1-3-4-5-6-7-8-9-10-12-11-13-14(2)15-12/h6-7,11,13H,3-5,8-10H2,1-2H3/b7-6-. The van der Waals surface area contributed by atoms with Gasteiger partial charge in [-0.2, -0.15) is 0 Å². The van der Waals surface area contributed by atoms with E-state index < -0.39 is 0 Å². The minimum absolute atomic E-state index is 1.01. The molecule has 86 valence electrons. The molecule has 1 heterocycles. The van der Waals surface area contributed by atoms with Crippen molar-refractivity contribution in [3.63, 3.8) is 0 Å². The van der Waals surface area contributed by atoms with Gasteiger partial charge in [-0.25, -0.2) is 0 Å². The summed E-state index contributed by atoms with van der Waals surface area (Å²) in [6, 6.07) is 0. The van der Waals surface area contributed by atoms with Gasteiger partial charge in [-0.05, 0) is 19.3 Å². The van der Waals surface area contributed by atoms with Gasteiger partial charge in [-0.15, -0.1) is 0 Å². The minimum Gasteiger partial charge on any atom is -0.390 e. The average Bonchev–Trinajstić information content (AvgIpc) is 2.63. The maximum atomic E-state index is 5.37. The lowest BCUT2D eigenvalue weighted by atomic mass is 10.2.